The van der Waals surface area contributed by atoms with E-state index in [2.05, 4.69) is 15.9 Å². The quantitative estimate of drug-likeness (QED) is 0.807. The normalized spacial score (nSPS) is 21.5. The first-order valence-electron chi connectivity index (χ1n) is 6.86. The molecule has 1 aliphatic rings. The van der Waals surface area contributed by atoms with E-state index in [0.717, 1.165) is 9.37 Å². The number of hydrogen-bond acceptors (Lipinski definition) is 3. The van der Waals surface area contributed by atoms with Crippen LogP contribution in [0.5, 0.6) is 0 Å². The number of aliphatic carboxylic acids is 1. The highest BCUT2D eigenvalue weighted by Gasteiger charge is 2.36. The summed E-state index contributed by atoms with van der Waals surface area (Å²) < 4.78 is 1.04. The molecule has 1 saturated heterocycles. The highest BCUT2D eigenvalue weighted by molar-refractivity contribution is 9.10. The third-order valence-electron chi connectivity index (χ3n) is 3.68. The second-order valence-corrected chi connectivity index (χ2v) is 7.36. The van der Waals surface area contributed by atoms with Gasteiger partial charge in [-0.3, -0.25) is 9.59 Å². The minimum Gasteiger partial charge on any atom is -0.481 e. The van der Waals surface area contributed by atoms with Crippen LogP contribution in [0.1, 0.15) is 13.3 Å². The molecule has 4 nitrogen and oxygen atoms in total. The molecule has 6 heteroatoms. The Morgan fingerprint density at radius 2 is 2.00 bits per heavy atom. The molecular formula is C15H18BrNO3S. The molecule has 1 heterocycles. The maximum atomic E-state index is 12.1. The van der Waals surface area contributed by atoms with Crippen molar-refractivity contribution >= 4 is 39.6 Å². The first kappa shape index (κ1) is 16.4. The number of amides is 1. The number of hydrogen-bond donors (Lipinski definition) is 1. The molecule has 2 atom stereocenters. The van der Waals surface area contributed by atoms with Gasteiger partial charge in [0.25, 0.3) is 0 Å². The van der Waals surface area contributed by atoms with Crippen LogP contribution in [0, 0.1) is 11.8 Å². The Labute approximate surface area is 137 Å². The fourth-order valence-corrected chi connectivity index (χ4v) is 3.54. The summed E-state index contributed by atoms with van der Waals surface area (Å²) in [5, 5.41) is 9.08. The number of carboxylic acids is 1. The average molecular weight is 372 g/mol. The van der Waals surface area contributed by atoms with Crippen molar-refractivity contribution in [3.63, 3.8) is 0 Å². The van der Waals surface area contributed by atoms with Crippen molar-refractivity contribution in [2.45, 2.75) is 18.2 Å². The second kappa shape index (κ2) is 7.31. The zero-order valence-corrected chi connectivity index (χ0v) is 14.2. The minimum absolute atomic E-state index is 0.0329. The average Bonchev–Trinajstić information content (AvgIpc) is 2.83. The summed E-state index contributed by atoms with van der Waals surface area (Å²) in [5.41, 5.74) is 0. The molecule has 1 amide bonds. The number of benzene rings is 1. The SMILES string of the molecule is C[C@@H]1CN(C(=O)CCSc2ccc(Br)cc2)C[C@H]1C(=O)O. The van der Waals surface area contributed by atoms with Gasteiger partial charge in [0.05, 0.1) is 5.92 Å². The Balaban J connectivity index is 1.77. The molecule has 0 radical (unpaired) electrons. The van der Waals surface area contributed by atoms with E-state index in [4.69, 9.17) is 5.11 Å². The van der Waals surface area contributed by atoms with E-state index in [0.29, 0.717) is 25.3 Å². The van der Waals surface area contributed by atoms with E-state index < -0.39 is 11.9 Å². The fourth-order valence-electron chi connectivity index (χ4n) is 2.44. The van der Waals surface area contributed by atoms with Crippen molar-refractivity contribution in [2.75, 3.05) is 18.8 Å². The standard InChI is InChI=1S/C15H18BrNO3S/c1-10-8-17(9-13(10)15(19)20)14(18)6-7-21-12-4-2-11(16)3-5-12/h2-5,10,13H,6-9H2,1H3,(H,19,20)/t10-,13-/m1/s1. The Kier molecular flexibility index (Phi) is 5.70. The van der Waals surface area contributed by atoms with E-state index in [1.807, 2.05) is 31.2 Å². The number of carbonyl (C=O) groups is 2. The van der Waals surface area contributed by atoms with Crippen LogP contribution in [-0.4, -0.2) is 40.7 Å². The Hall–Kier alpha value is -1.01. The molecule has 1 aromatic carbocycles. The molecule has 114 valence electrons. The van der Waals surface area contributed by atoms with Crippen LogP contribution in [-0.2, 0) is 9.59 Å². The van der Waals surface area contributed by atoms with Crippen LogP contribution >= 0.6 is 27.7 Å². The number of rotatable bonds is 5. The van der Waals surface area contributed by atoms with Crippen LogP contribution in [0.3, 0.4) is 0 Å². The van der Waals surface area contributed by atoms with Crippen LogP contribution in [0.25, 0.3) is 0 Å². The lowest BCUT2D eigenvalue weighted by Crippen LogP contribution is -2.30. The summed E-state index contributed by atoms with van der Waals surface area (Å²) in [5.74, 6) is -0.431. The summed E-state index contributed by atoms with van der Waals surface area (Å²) in [7, 11) is 0. The van der Waals surface area contributed by atoms with Crippen LogP contribution in [0.2, 0.25) is 0 Å². The van der Waals surface area contributed by atoms with Crippen LogP contribution in [0.4, 0.5) is 0 Å². The molecule has 1 aromatic rings. The highest BCUT2D eigenvalue weighted by Crippen LogP contribution is 2.25. The van der Waals surface area contributed by atoms with Gasteiger partial charge in [-0.25, -0.2) is 0 Å². The molecule has 2 rings (SSSR count). The van der Waals surface area contributed by atoms with Crippen LogP contribution < -0.4 is 0 Å². The lowest BCUT2D eigenvalue weighted by molar-refractivity contribution is -0.142. The maximum Gasteiger partial charge on any atom is 0.308 e. The first-order chi connectivity index (χ1) is 9.97. The molecule has 0 bridgehead atoms. The molecule has 0 saturated carbocycles. The highest BCUT2D eigenvalue weighted by atomic mass is 79.9. The number of halogens is 1. The summed E-state index contributed by atoms with van der Waals surface area (Å²) in [4.78, 5) is 26.0. The van der Waals surface area contributed by atoms with Crippen molar-refractivity contribution < 1.29 is 14.7 Å². The summed E-state index contributed by atoms with van der Waals surface area (Å²) in [6, 6.07) is 7.97. The largest absolute Gasteiger partial charge is 0.481 e. The lowest BCUT2D eigenvalue weighted by atomic mass is 9.99. The van der Waals surface area contributed by atoms with Gasteiger partial charge in [0.1, 0.15) is 0 Å². The summed E-state index contributed by atoms with van der Waals surface area (Å²) in [6.45, 7) is 2.79. The topological polar surface area (TPSA) is 57.6 Å². The number of carbonyl (C=O) groups excluding carboxylic acids is 1. The summed E-state index contributed by atoms with van der Waals surface area (Å²) >= 11 is 5.03. The molecule has 0 aromatic heterocycles. The number of likely N-dealkylation sites (tertiary alicyclic amines) is 1. The van der Waals surface area contributed by atoms with Crippen molar-refractivity contribution in [1.29, 1.82) is 0 Å². The fraction of sp³-hybridized carbons (Fsp3) is 0.467. The van der Waals surface area contributed by atoms with Gasteiger partial charge in [0.2, 0.25) is 5.91 Å². The van der Waals surface area contributed by atoms with Gasteiger partial charge in [-0.1, -0.05) is 22.9 Å². The maximum absolute atomic E-state index is 12.1. The first-order valence-corrected chi connectivity index (χ1v) is 8.64. The minimum atomic E-state index is -0.804. The zero-order chi connectivity index (χ0) is 15.4. The van der Waals surface area contributed by atoms with E-state index >= 15 is 0 Å². The number of nitrogens with zero attached hydrogens (tertiary/aromatic N) is 1. The van der Waals surface area contributed by atoms with E-state index in [1.165, 1.54) is 0 Å². The van der Waals surface area contributed by atoms with Gasteiger partial charge in [-0.05, 0) is 30.2 Å². The lowest BCUT2D eigenvalue weighted by Gasteiger charge is -2.15. The van der Waals surface area contributed by atoms with Gasteiger partial charge in [0.15, 0.2) is 0 Å². The smallest absolute Gasteiger partial charge is 0.308 e. The Morgan fingerprint density at radius 1 is 1.33 bits per heavy atom. The molecule has 1 N–H and O–H groups in total. The molecule has 1 fully saturated rings. The van der Waals surface area contributed by atoms with Crippen LogP contribution in [0.15, 0.2) is 33.6 Å². The monoisotopic (exact) mass is 371 g/mol. The van der Waals surface area contributed by atoms with E-state index in [-0.39, 0.29) is 11.8 Å². The number of thioether (sulfide) groups is 1. The predicted molar refractivity (Wildman–Crippen MR) is 86.4 cm³/mol. The van der Waals surface area contributed by atoms with Crippen molar-refractivity contribution in [1.82, 2.24) is 4.90 Å². The van der Waals surface area contributed by atoms with E-state index in [9.17, 15) is 9.59 Å². The van der Waals surface area contributed by atoms with Crippen molar-refractivity contribution in [3.05, 3.63) is 28.7 Å². The van der Waals surface area contributed by atoms with E-state index in [1.54, 1.807) is 16.7 Å². The molecular weight excluding hydrogens is 354 g/mol. The van der Waals surface area contributed by atoms with Crippen molar-refractivity contribution in [3.8, 4) is 0 Å². The molecule has 21 heavy (non-hydrogen) atoms. The third kappa shape index (κ3) is 4.48. The van der Waals surface area contributed by atoms with Gasteiger partial charge in [-0.2, -0.15) is 0 Å². The van der Waals surface area contributed by atoms with Gasteiger partial charge >= 0.3 is 5.97 Å². The van der Waals surface area contributed by atoms with Gasteiger partial charge in [-0.15, -0.1) is 11.8 Å². The molecule has 0 unspecified atom stereocenters. The Morgan fingerprint density at radius 3 is 2.57 bits per heavy atom. The third-order valence-corrected chi connectivity index (χ3v) is 5.22. The summed E-state index contributed by atoms with van der Waals surface area (Å²) in [6.07, 6.45) is 0.444. The van der Waals surface area contributed by atoms with Crippen molar-refractivity contribution in [2.24, 2.45) is 11.8 Å². The Bertz CT molecular complexity index is 520. The molecule has 0 spiro atoms. The predicted octanol–water partition coefficient (Wildman–Crippen LogP) is 3.11. The molecule has 0 aliphatic carbocycles. The van der Waals surface area contributed by atoms with Gasteiger partial charge < -0.3 is 10.0 Å². The second-order valence-electron chi connectivity index (χ2n) is 5.27. The zero-order valence-electron chi connectivity index (χ0n) is 11.8. The van der Waals surface area contributed by atoms with Gasteiger partial charge in [0, 0.05) is 34.6 Å². The number of carboxylic acid groups (broad SMARTS) is 1. The molecule has 1 aliphatic heterocycles.